The fourth-order valence-electron chi connectivity index (χ4n) is 2.35. The predicted octanol–water partition coefficient (Wildman–Crippen LogP) is 3.79. The summed E-state index contributed by atoms with van der Waals surface area (Å²) in [6.07, 6.45) is 0.671. The molecule has 1 heterocycles. The van der Waals surface area contributed by atoms with Crippen LogP contribution < -0.4 is 9.47 Å². The average Bonchev–Trinajstić information content (AvgIpc) is 3.17. The van der Waals surface area contributed by atoms with Crippen molar-refractivity contribution >= 4 is 5.78 Å². The molecule has 0 saturated carbocycles. The molecule has 25 heavy (non-hydrogen) atoms. The number of ketones is 1. The zero-order valence-corrected chi connectivity index (χ0v) is 14.0. The minimum Gasteiger partial charge on any atom is -0.494 e. The van der Waals surface area contributed by atoms with E-state index in [4.69, 9.17) is 13.9 Å². The third kappa shape index (κ3) is 4.03. The van der Waals surface area contributed by atoms with Crippen molar-refractivity contribution in [3.8, 4) is 23.0 Å². The topological polar surface area (TPSA) is 74.5 Å². The molecule has 6 nitrogen and oxygen atoms in total. The number of carbonyl (C=O) groups is 1. The molecule has 0 spiro atoms. The normalized spacial score (nSPS) is 11.8. The Bertz CT molecular complexity index is 812. The molecule has 3 aromatic rings. The number of Topliss-reactive ketones (excluding diaryl/α,β-unsaturated/α-hetero) is 1. The maximum atomic E-state index is 12.5. The summed E-state index contributed by atoms with van der Waals surface area (Å²) in [6.45, 7) is 4.23. The van der Waals surface area contributed by atoms with E-state index in [1.54, 1.807) is 55.5 Å². The van der Waals surface area contributed by atoms with Gasteiger partial charge < -0.3 is 13.9 Å². The molecule has 1 atom stereocenters. The van der Waals surface area contributed by atoms with Gasteiger partial charge in [-0.3, -0.25) is 4.79 Å². The second-order valence-corrected chi connectivity index (χ2v) is 5.35. The standard InChI is InChI=1S/C19H18N2O4/c1-3-23-16-8-4-14(5-9-16)18(22)13(2)25-17-10-6-15(7-11-17)19-21-20-12-24-19/h4-13H,3H2,1-2H3/t13-/m1/s1. The van der Waals surface area contributed by atoms with Crippen LogP contribution in [0.4, 0.5) is 0 Å². The summed E-state index contributed by atoms with van der Waals surface area (Å²) < 4.78 is 16.2. The maximum absolute atomic E-state index is 12.5. The summed E-state index contributed by atoms with van der Waals surface area (Å²) in [5.74, 6) is 1.67. The molecule has 1 aromatic heterocycles. The molecule has 0 aliphatic heterocycles. The molecule has 0 N–H and O–H groups in total. The van der Waals surface area contributed by atoms with Crippen LogP contribution >= 0.6 is 0 Å². The Balaban J connectivity index is 1.64. The summed E-state index contributed by atoms with van der Waals surface area (Å²) in [4.78, 5) is 12.5. The van der Waals surface area contributed by atoms with Crippen molar-refractivity contribution in [2.45, 2.75) is 20.0 Å². The lowest BCUT2D eigenvalue weighted by Gasteiger charge is -2.14. The van der Waals surface area contributed by atoms with Crippen molar-refractivity contribution in [2.75, 3.05) is 6.61 Å². The van der Waals surface area contributed by atoms with Crippen molar-refractivity contribution in [1.82, 2.24) is 10.2 Å². The van der Waals surface area contributed by atoms with Gasteiger partial charge in [-0.15, -0.1) is 10.2 Å². The number of hydrogen-bond donors (Lipinski definition) is 0. The van der Waals surface area contributed by atoms with E-state index < -0.39 is 6.10 Å². The molecule has 0 radical (unpaired) electrons. The Morgan fingerprint density at radius 1 is 1.08 bits per heavy atom. The molecule has 0 saturated heterocycles. The smallest absolute Gasteiger partial charge is 0.247 e. The highest BCUT2D eigenvalue weighted by Crippen LogP contribution is 2.22. The molecular weight excluding hydrogens is 320 g/mol. The van der Waals surface area contributed by atoms with Crippen LogP contribution in [0.15, 0.2) is 59.3 Å². The molecular formula is C19H18N2O4. The van der Waals surface area contributed by atoms with Crippen molar-refractivity contribution in [1.29, 1.82) is 0 Å². The first-order valence-electron chi connectivity index (χ1n) is 7.97. The molecule has 0 bridgehead atoms. The van der Waals surface area contributed by atoms with Crippen LogP contribution in [-0.2, 0) is 0 Å². The fraction of sp³-hybridized carbons (Fsp3) is 0.211. The highest BCUT2D eigenvalue weighted by molar-refractivity contribution is 5.99. The number of aromatic nitrogens is 2. The van der Waals surface area contributed by atoms with Gasteiger partial charge in [0.1, 0.15) is 11.5 Å². The zero-order chi connectivity index (χ0) is 17.6. The third-order valence-electron chi connectivity index (χ3n) is 3.59. The highest BCUT2D eigenvalue weighted by atomic mass is 16.5. The van der Waals surface area contributed by atoms with Gasteiger partial charge in [-0.05, 0) is 62.4 Å². The highest BCUT2D eigenvalue weighted by Gasteiger charge is 2.17. The Morgan fingerprint density at radius 2 is 1.76 bits per heavy atom. The van der Waals surface area contributed by atoms with E-state index in [2.05, 4.69) is 10.2 Å². The lowest BCUT2D eigenvalue weighted by molar-refractivity contribution is 0.0818. The molecule has 2 aromatic carbocycles. The van der Waals surface area contributed by atoms with Gasteiger partial charge in [0.15, 0.2) is 6.10 Å². The van der Waals surface area contributed by atoms with Gasteiger partial charge in [0, 0.05) is 11.1 Å². The molecule has 6 heteroatoms. The molecule has 0 unspecified atom stereocenters. The van der Waals surface area contributed by atoms with Crippen LogP contribution in [0.1, 0.15) is 24.2 Å². The maximum Gasteiger partial charge on any atom is 0.247 e. The third-order valence-corrected chi connectivity index (χ3v) is 3.59. The average molecular weight is 338 g/mol. The summed E-state index contributed by atoms with van der Waals surface area (Å²) in [7, 11) is 0. The molecule has 0 amide bonds. The van der Waals surface area contributed by atoms with Crippen molar-refractivity contribution in [3.63, 3.8) is 0 Å². The van der Waals surface area contributed by atoms with Crippen LogP contribution in [-0.4, -0.2) is 28.7 Å². The van der Waals surface area contributed by atoms with E-state index in [-0.39, 0.29) is 5.78 Å². The van der Waals surface area contributed by atoms with E-state index in [9.17, 15) is 4.79 Å². The first-order valence-corrected chi connectivity index (χ1v) is 7.97. The summed E-state index contributed by atoms with van der Waals surface area (Å²) in [5.41, 5.74) is 1.37. The number of benzene rings is 2. The van der Waals surface area contributed by atoms with Gasteiger partial charge in [-0.1, -0.05) is 0 Å². The number of carbonyl (C=O) groups excluding carboxylic acids is 1. The van der Waals surface area contributed by atoms with Crippen LogP contribution in [0.25, 0.3) is 11.5 Å². The van der Waals surface area contributed by atoms with E-state index in [0.717, 1.165) is 11.3 Å². The van der Waals surface area contributed by atoms with Gasteiger partial charge in [-0.25, -0.2) is 0 Å². The quantitative estimate of drug-likeness (QED) is 0.610. The Hall–Kier alpha value is -3.15. The van der Waals surface area contributed by atoms with Gasteiger partial charge >= 0.3 is 0 Å². The first-order chi connectivity index (χ1) is 12.2. The number of nitrogens with zero attached hydrogens (tertiary/aromatic N) is 2. The van der Waals surface area contributed by atoms with Crippen molar-refractivity contribution in [3.05, 3.63) is 60.5 Å². The Labute approximate surface area is 145 Å². The van der Waals surface area contributed by atoms with Crippen LogP contribution in [0.5, 0.6) is 11.5 Å². The van der Waals surface area contributed by atoms with Gasteiger partial charge in [-0.2, -0.15) is 0 Å². The van der Waals surface area contributed by atoms with Crippen molar-refractivity contribution in [2.24, 2.45) is 0 Å². The summed E-state index contributed by atoms with van der Waals surface area (Å²) >= 11 is 0. The van der Waals surface area contributed by atoms with Crippen molar-refractivity contribution < 1.29 is 18.7 Å². The van der Waals surface area contributed by atoms with Gasteiger partial charge in [0.05, 0.1) is 6.61 Å². The van der Waals surface area contributed by atoms with E-state index >= 15 is 0 Å². The lowest BCUT2D eigenvalue weighted by atomic mass is 10.1. The Kier molecular flexibility index (Phi) is 5.09. The predicted molar refractivity (Wildman–Crippen MR) is 91.8 cm³/mol. The van der Waals surface area contributed by atoms with E-state index in [0.29, 0.717) is 23.8 Å². The van der Waals surface area contributed by atoms with E-state index in [1.165, 1.54) is 6.39 Å². The number of ether oxygens (including phenoxy) is 2. The molecule has 128 valence electrons. The van der Waals surface area contributed by atoms with Crippen LogP contribution in [0, 0.1) is 0 Å². The monoisotopic (exact) mass is 338 g/mol. The molecule has 0 aliphatic carbocycles. The van der Waals surface area contributed by atoms with Crippen LogP contribution in [0.3, 0.4) is 0 Å². The second-order valence-electron chi connectivity index (χ2n) is 5.35. The SMILES string of the molecule is CCOc1ccc(C(=O)[C@@H](C)Oc2ccc(-c3nnco3)cc2)cc1. The zero-order valence-electron chi connectivity index (χ0n) is 14.0. The first kappa shape index (κ1) is 16.7. The Morgan fingerprint density at radius 3 is 2.36 bits per heavy atom. The molecule has 0 aliphatic rings. The number of hydrogen-bond acceptors (Lipinski definition) is 6. The van der Waals surface area contributed by atoms with Gasteiger partial charge in [0.2, 0.25) is 18.1 Å². The minimum atomic E-state index is -0.604. The van der Waals surface area contributed by atoms with Crippen LogP contribution in [0.2, 0.25) is 0 Å². The fourth-order valence-corrected chi connectivity index (χ4v) is 2.35. The lowest BCUT2D eigenvalue weighted by Crippen LogP contribution is -2.23. The minimum absolute atomic E-state index is 0.0935. The second kappa shape index (κ2) is 7.61. The summed E-state index contributed by atoms with van der Waals surface area (Å²) in [5, 5.41) is 7.49. The van der Waals surface area contributed by atoms with Gasteiger partial charge in [0.25, 0.3) is 0 Å². The largest absolute Gasteiger partial charge is 0.494 e. The molecule has 3 rings (SSSR count). The summed E-state index contributed by atoms with van der Waals surface area (Å²) in [6, 6.07) is 14.2. The number of rotatable bonds is 7. The molecule has 0 fully saturated rings. The van der Waals surface area contributed by atoms with E-state index in [1.807, 2.05) is 6.92 Å².